The zero-order chi connectivity index (χ0) is 23.4. The van der Waals surface area contributed by atoms with Gasteiger partial charge in [-0.2, -0.15) is 0 Å². The molecule has 0 radical (unpaired) electrons. The van der Waals surface area contributed by atoms with E-state index in [4.69, 9.17) is 4.74 Å². The molecule has 174 valence electrons. The highest BCUT2D eigenvalue weighted by atomic mass is 19.1. The Labute approximate surface area is 190 Å². The molecule has 0 spiro atoms. The standard InChI is InChI=1S/C23H26FN5O4/c1-16(30)26-14-19-15-29(23(32)33-19)18-5-6-21(20(24)13-18)27-9-11-28(12-10-27)22(31)7-4-17-3-2-8-25-17/h2-8,13,19,25H,9-12,14-15H2,1H3,(H,26,30)/b7-4+. The second-order valence-electron chi connectivity index (χ2n) is 7.96. The Morgan fingerprint density at radius 2 is 2.03 bits per heavy atom. The predicted octanol–water partition coefficient (Wildman–Crippen LogP) is 1.98. The molecule has 1 aromatic carbocycles. The third-order valence-corrected chi connectivity index (χ3v) is 5.66. The number of benzene rings is 1. The van der Waals surface area contributed by atoms with Crippen LogP contribution in [0.5, 0.6) is 0 Å². The number of halogens is 1. The number of nitrogens with zero attached hydrogens (tertiary/aromatic N) is 3. The summed E-state index contributed by atoms with van der Waals surface area (Å²) in [5.74, 6) is -0.739. The average Bonchev–Trinajstić information content (AvgIpc) is 3.45. The van der Waals surface area contributed by atoms with Crippen LogP contribution < -0.4 is 15.1 Å². The molecular weight excluding hydrogens is 429 g/mol. The highest BCUT2D eigenvalue weighted by molar-refractivity contribution is 5.92. The molecule has 2 N–H and O–H groups in total. The van der Waals surface area contributed by atoms with Gasteiger partial charge in [-0.25, -0.2) is 9.18 Å². The Morgan fingerprint density at radius 3 is 2.70 bits per heavy atom. The first-order valence-electron chi connectivity index (χ1n) is 10.8. The molecule has 1 aromatic heterocycles. The molecule has 1 atom stereocenters. The molecule has 9 nitrogen and oxygen atoms in total. The molecule has 3 heterocycles. The lowest BCUT2D eigenvalue weighted by Gasteiger charge is -2.36. The summed E-state index contributed by atoms with van der Waals surface area (Å²) in [5, 5.41) is 2.61. The second kappa shape index (κ2) is 9.76. The van der Waals surface area contributed by atoms with Crippen molar-refractivity contribution in [2.45, 2.75) is 13.0 Å². The van der Waals surface area contributed by atoms with Crippen LogP contribution in [-0.4, -0.2) is 73.2 Å². The van der Waals surface area contributed by atoms with Crippen molar-refractivity contribution in [1.29, 1.82) is 0 Å². The van der Waals surface area contributed by atoms with Crippen molar-refractivity contribution in [2.75, 3.05) is 49.1 Å². The summed E-state index contributed by atoms with van der Waals surface area (Å²) in [5.41, 5.74) is 1.68. The van der Waals surface area contributed by atoms with Crippen molar-refractivity contribution in [2.24, 2.45) is 0 Å². The van der Waals surface area contributed by atoms with Crippen LogP contribution in [0.25, 0.3) is 6.08 Å². The van der Waals surface area contributed by atoms with Gasteiger partial charge < -0.3 is 24.8 Å². The number of aromatic amines is 1. The quantitative estimate of drug-likeness (QED) is 0.649. The highest BCUT2D eigenvalue weighted by Crippen LogP contribution is 2.28. The van der Waals surface area contributed by atoms with Gasteiger partial charge in [-0.15, -0.1) is 0 Å². The topological polar surface area (TPSA) is 98.0 Å². The van der Waals surface area contributed by atoms with Crippen LogP contribution in [0.4, 0.5) is 20.6 Å². The number of nitrogens with one attached hydrogen (secondary N) is 2. The maximum Gasteiger partial charge on any atom is 0.414 e. The number of amides is 3. The molecule has 1 unspecified atom stereocenters. The van der Waals surface area contributed by atoms with Gasteiger partial charge in [0.15, 0.2) is 0 Å². The third-order valence-electron chi connectivity index (χ3n) is 5.66. The van der Waals surface area contributed by atoms with Crippen LogP contribution in [0.15, 0.2) is 42.6 Å². The van der Waals surface area contributed by atoms with Crippen molar-refractivity contribution in [3.63, 3.8) is 0 Å². The molecule has 4 rings (SSSR count). The summed E-state index contributed by atoms with van der Waals surface area (Å²) in [7, 11) is 0. The molecule has 0 bridgehead atoms. The average molecular weight is 455 g/mol. The number of carbonyl (C=O) groups excluding carboxylic acids is 3. The largest absolute Gasteiger partial charge is 0.442 e. The van der Waals surface area contributed by atoms with E-state index in [1.54, 1.807) is 29.3 Å². The van der Waals surface area contributed by atoms with Gasteiger partial charge in [-0.3, -0.25) is 14.5 Å². The zero-order valence-electron chi connectivity index (χ0n) is 18.3. The number of ether oxygens (including phenoxy) is 1. The monoisotopic (exact) mass is 455 g/mol. The molecule has 2 aromatic rings. The van der Waals surface area contributed by atoms with E-state index in [-0.39, 0.29) is 24.9 Å². The molecule has 2 fully saturated rings. The van der Waals surface area contributed by atoms with Crippen molar-refractivity contribution in [3.05, 3.63) is 54.1 Å². The first-order valence-corrected chi connectivity index (χ1v) is 10.8. The molecule has 0 saturated carbocycles. The van der Waals surface area contributed by atoms with Crippen molar-refractivity contribution in [1.82, 2.24) is 15.2 Å². The van der Waals surface area contributed by atoms with Crippen LogP contribution in [0.1, 0.15) is 12.6 Å². The number of aromatic nitrogens is 1. The summed E-state index contributed by atoms with van der Waals surface area (Å²) in [6.45, 7) is 3.80. The molecule has 2 saturated heterocycles. The number of hydrogen-bond donors (Lipinski definition) is 2. The van der Waals surface area contributed by atoms with Gasteiger partial charge in [0, 0.05) is 51.1 Å². The SMILES string of the molecule is CC(=O)NCC1CN(c2ccc(N3CCN(C(=O)/C=C/c4ccc[nH]4)CC3)c(F)c2)C(=O)O1. The molecule has 10 heteroatoms. The number of cyclic esters (lactones) is 1. The van der Waals surface area contributed by atoms with Gasteiger partial charge in [0.05, 0.1) is 24.5 Å². The molecule has 2 aliphatic rings. The summed E-state index contributed by atoms with van der Waals surface area (Å²) < 4.78 is 20.2. The van der Waals surface area contributed by atoms with E-state index < -0.39 is 18.0 Å². The summed E-state index contributed by atoms with van der Waals surface area (Å²) in [6.07, 6.45) is 4.00. The minimum atomic E-state index is -0.572. The van der Waals surface area contributed by atoms with E-state index >= 15 is 0 Å². The van der Waals surface area contributed by atoms with Crippen molar-refractivity contribution in [3.8, 4) is 0 Å². The van der Waals surface area contributed by atoms with E-state index in [1.165, 1.54) is 24.0 Å². The first-order chi connectivity index (χ1) is 15.9. The fraction of sp³-hybridized carbons (Fsp3) is 0.348. The second-order valence-corrected chi connectivity index (χ2v) is 7.96. The number of rotatable bonds is 6. The van der Waals surface area contributed by atoms with Gasteiger partial charge in [-0.05, 0) is 36.4 Å². The number of carbonyl (C=O) groups is 3. The minimum Gasteiger partial charge on any atom is -0.442 e. The molecular formula is C23H26FN5O4. The smallest absolute Gasteiger partial charge is 0.414 e. The van der Waals surface area contributed by atoms with Crippen LogP contribution in [0, 0.1) is 5.82 Å². The summed E-state index contributed by atoms with van der Waals surface area (Å²) in [4.78, 5) is 43.6. The van der Waals surface area contributed by atoms with Crippen molar-refractivity contribution >= 4 is 35.4 Å². The van der Waals surface area contributed by atoms with Crippen LogP contribution in [0.2, 0.25) is 0 Å². The lowest BCUT2D eigenvalue weighted by Crippen LogP contribution is -2.48. The maximum atomic E-state index is 14.9. The van der Waals surface area contributed by atoms with E-state index in [0.717, 1.165) is 5.69 Å². The molecule has 33 heavy (non-hydrogen) atoms. The molecule has 3 amide bonds. The summed E-state index contributed by atoms with van der Waals surface area (Å²) in [6, 6.07) is 8.37. The molecule has 2 aliphatic heterocycles. The Balaban J connectivity index is 1.34. The minimum absolute atomic E-state index is 0.0820. The van der Waals surface area contributed by atoms with E-state index in [9.17, 15) is 18.8 Å². The van der Waals surface area contributed by atoms with Gasteiger partial charge in [0.2, 0.25) is 11.8 Å². The van der Waals surface area contributed by atoms with Crippen LogP contribution >= 0.6 is 0 Å². The Morgan fingerprint density at radius 1 is 1.24 bits per heavy atom. The number of hydrogen-bond acceptors (Lipinski definition) is 5. The van der Waals surface area contributed by atoms with Gasteiger partial charge in [0.1, 0.15) is 11.9 Å². The Hall–Kier alpha value is -3.82. The van der Waals surface area contributed by atoms with Crippen molar-refractivity contribution < 1.29 is 23.5 Å². The van der Waals surface area contributed by atoms with E-state index in [2.05, 4.69) is 10.3 Å². The lowest BCUT2D eigenvalue weighted by atomic mass is 10.2. The van der Waals surface area contributed by atoms with Crippen LogP contribution in [0.3, 0.4) is 0 Å². The zero-order valence-corrected chi connectivity index (χ0v) is 18.3. The normalized spacial score (nSPS) is 18.7. The third kappa shape index (κ3) is 5.33. The lowest BCUT2D eigenvalue weighted by molar-refractivity contribution is -0.126. The first kappa shape index (κ1) is 22.4. The van der Waals surface area contributed by atoms with E-state index in [1.807, 2.05) is 17.0 Å². The Kier molecular flexibility index (Phi) is 6.62. The Bertz CT molecular complexity index is 1050. The van der Waals surface area contributed by atoms with Crippen LogP contribution in [-0.2, 0) is 14.3 Å². The predicted molar refractivity (Wildman–Crippen MR) is 121 cm³/mol. The number of H-pyrrole nitrogens is 1. The summed E-state index contributed by atoms with van der Waals surface area (Å²) >= 11 is 0. The van der Waals surface area contributed by atoms with E-state index in [0.29, 0.717) is 37.6 Å². The fourth-order valence-electron chi connectivity index (χ4n) is 3.90. The number of anilines is 2. The van der Waals surface area contributed by atoms with Gasteiger partial charge in [0.25, 0.3) is 0 Å². The van der Waals surface area contributed by atoms with Gasteiger partial charge in [-0.1, -0.05) is 0 Å². The number of piperazine rings is 1. The van der Waals surface area contributed by atoms with Gasteiger partial charge >= 0.3 is 6.09 Å². The maximum absolute atomic E-state index is 14.9. The highest BCUT2D eigenvalue weighted by Gasteiger charge is 2.33. The fourth-order valence-corrected chi connectivity index (χ4v) is 3.90. The molecule has 0 aliphatic carbocycles.